The van der Waals surface area contributed by atoms with Crippen molar-refractivity contribution < 1.29 is 14.7 Å². The molecule has 1 aliphatic carbocycles. The Hall–Kier alpha value is -1.55. The Bertz CT molecular complexity index is 530. The SMILES string of the molecule is Cc1cc(NC(=O)C2CCCCC2C(=O)O)ccc1Cl. The van der Waals surface area contributed by atoms with Crippen LogP contribution in [-0.2, 0) is 9.59 Å². The quantitative estimate of drug-likeness (QED) is 0.897. The first kappa shape index (κ1) is 14.9. The number of aliphatic carboxylic acids is 1. The molecule has 2 N–H and O–H groups in total. The molecule has 1 aliphatic rings. The molecule has 5 heteroatoms. The van der Waals surface area contributed by atoms with Gasteiger partial charge in [0.25, 0.3) is 0 Å². The van der Waals surface area contributed by atoms with Crippen molar-refractivity contribution >= 4 is 29.2 Å². The Morgan fingerprint density at radius 1 is 1.25 bits per heavy atom. The van der Waals surface area contributed by atoms with Crippen molar-refractivity contribution in [3.05, 3.63) is 28.8 Å². The summed E-state index contributed by atoms with van der Waals surface area (Å²) < 4.78 is 0. The summed E-state index contributed by atoms with van der Waals surface area (Å²) in [6.45, 7) is 1.86. The Morgan fingerprint density at radius 3 is 2.50 bits per heavy atom. The van der Waals surface area contributed by atoms with Crippen LogP contribution in [0.1, 0.15) is 31.2 Å². The van der Waals surface area contributed by atoms with Gasteiger partial charge < -0.3 is 10.4 Å². The monoisotopic (exact) mass is 295 g/mol. The lowest BCUT2D eigenvalue weighted by Gasteiger charge is -2.27. The molecule has 0 bridgehead atoms. The van der Waals surface area contributed by atoms with E-state index in [0.29, 0.717) is 23.6 Å². The van der Waals surface area contributed by atoms with Crippen LogP contribution in [0.5, 0.6) is 0 Å². The first-order valence-corrected chi connectivity index (χ1v) is 7.16. The molecule has 0 aliphatic heterocycles. The van der Waals surface area contributed by atoms with E-state index in [2.05, 4.69) is 5.32 Å². The van der Waals surface area contributed by atoms with Gasteiger partial charge in [-0.25, -0.2) is 0 Å². The number of amides is 1. The van der Waals surface area contributed by atoms with Crippen LogP contribution in [0.15, 0.2) is 18.2 Å². The third kappa shape index (κ3) is 3.31. The molecule has 2 atom stereocenters. The van der Waals surface area contributed by atoms with E-state index in [-0.39, 0.29) is 5.91 Å². The Morgan fingerprint density at radius 2 is 1.90 bits per heavy atom. The van der Waals surface area contributed by atoms with Crippen LogP contribution >= 0.6 is 11.6 Å². The second-order valence-corrected chi connectivity index (χ2v) is 5.70. The van der Waals surface area contributed by atoms with Crippen molar-refractivity contribution in [3.63, 3.8) is 0 Å². The van der Waals surface area contributed by atoms with Crippen molar-refractivity contribution in [2.24, 2.45) is 11.8 Å². The summed E-state index contributed by atoms with van der Waals surface area (Å²) >= 11 is 5.94. The Kier molecular flexibility index (Phi) is 4.65. The molecule has 1 fully saturated rings. The predicted octanol–water partition coefficient (Wildman–Crippen LogP) is 3.48. The highest BCUT2D eigenvalue weighted by Crippen LogP contribution is 2.31. The summed E-state index contributed by atoms with van der Waals surface area (Å²) in [4.78, 5) is 23.5. The number of carbonyl (C=O) groups is 2. The van der Waals surface area contributed by atoms with Gasteiger partial charge in [0.05, 0.1) is 11.8 Å². The summed E-state index contributed by atoms with van der Waals surface area (Å²) in [5.74, 6) is -2.11. The number of nitrogens with one attached hydrogen (secondary N) is 1. The van der Waals surface area contributed by atoms with E-state index >= 15 is 0 Å². The molecular weight excluding hydrogens is 278 g/mol. The zero-order valence-electron chi connectivity index (χ0n) is 11.4. The molecule has 0 spiro atoms. The summed E-state index contributed by atoms with van der Waals surface area (Å²) in [7, 11) is 0. The largest absolute Gasteiger partial charge is 0.481 e. The molecule has 1 saturated carbocycles. The highest BCUT2D eigenvalue weighted by Gasteiger charge is 2.35. The lowest BCUT2D eigenvalue weighted by atomic mass is 9.78. The number of carboxylic acids is 1. The molecule has 4 nitrogen and oxygen atoms in total. The first-order chi connectivity index (χ1) is 9.49. The number of halogens is 1. The smallest absolute Gasteiger partial charge is 0.307 e. The molecule has 2 rings (SSSR count). The van der Waals surface area contributed by atoms with Gasteiger partial charge in [-0.05, 0) is 43.5 Å². The van der Waals surface area contributed by atoms with Crippen LogP contribution in [0.3, 0.4) is 0 Å². The van der Waals surface area contributed by atoms with E-state index < -0.39 is 17.8 Å². The minimum Gasteiger partial charge on any atom is -0.481 e. The summed E-state index contributed by atoms with van der Waals surface area (Å²) in [5, 5.41) is 12.7. The van der Waals surface area contributed by atoms with Gasteiger partial charge in [0.2, 0.25) is 5.91 Å². The fraction of sp³-hybridized carbons (Fsp3) is 0.467. The van der Waals surface area contributed by atoms with Crippen LogP contribution in [0.4, 0.5) is 5.69 Å². The van der Waals surface area contributed by atoms with E-state index in [0.717, 1.165) is 18.4 Å². The number of carbonyl (C=O) groups excluding carboxylic acids is 1. The van der Waals surface area contributed by atoms with Crippen molar-refractivity contribution in [1.82, 2.24) is 0 Å². The van der Waals surface area contributed by atoms with Crippen molar-refractivity contribution in [2.75, 3.05) is 5.32 Å². The molecule has 0 heterocycles. The number of anilines is 1. The average Bonchev–Trinajstić information content (AvgIpc) is 2.43. The predicted molar refractivity (Wildman–Crippen MR) is 77.9 cm³/mol. The zero-order valence-corrected chi connectivity index (χ0v) is 12.1. The molecule has 2 unspecified atom stereocenters. The van der Waals surface area contributed by atoms with Crippen molar-refractivity contribution in [1.29, 1.82) is 0 Å². The van der Waals surface area contributed by atoms with Gasteiger partial charge in [0, 0.05) is 10.7 Å². The first-order valence-electron chi connectivity index (χ1n) is 6.79. The van der Waals surface area contributed by atoms with Crippen LogP contribution in [0.2, 0.25) is 5.02 Å². The van der Waals surface area contributed by atoms with Crippen molar-refractivity contribution in [2.45, 2.75) is 32.6 Å². The number of benzene rings is 1. The summed E-state index contributed by atoms with van der Waals surface area (Å²) in [6, 6.07) is 5.24. The topological polar surface area (TPSA) is 66.4 Å². The molecule has 1 aromatic carbocycles. The number of hydrogen-bond acceptors (Lipinski definition) is 2. The van der Waals surface area contributed by atoms with Gasteiger partial charge in [0.1, 0.15) is 0 Å². The van der Waals surface area contributed by atoms with Gasteiger partial charge in [0.15, 0.2) is 0 Å². The van der Waals surface area contributed by atoms with E-state index in [1.807, 2.05) is 6.92 Å². The van der Waals surface area contributed by atoms with Gasteiger partial charge in [-0.15, -0.1) is 0 Å². The molecule has 108 valence electrons. The lowest BCUT2D eigenvalue weighted by Crippen LogP contribution is -2.36. The molecule has 0 radical (unpaired) electrons. The van der Waals surface area contributed by atoms with E-state index in [1.165, 1.54) is 0 Å². The third-order valence-electron chi connectivity index (χ3n) is 3.85. The van der Waals surface area contributed by atoms with Gasteiger partial charge in [-0.3, -0.25) is 9.59 Å². The zero-order chi connectivity index (χ0) is 14.7. The second kappa shape index (κ2) is 6.27. The maximum atomic E-state index is 12.3. The van der Waals surface area contributed by atoms with Crippen LogP contribution < -0.4 is 5.32 Å². The van der Waals surface area contributed by atoms with Crippen LogP contribution in [0, 0.1) is 18.8 Å². The highest BCUT2D eigenvalue weighted by molar-refractivity contribution is 6.31. The Balaban J connectivity index is 2.09. The lowest BCUT2D eigenvalue weighted by molar-refractivity contribution is -0.147. The molecule has 1 aromatic rings. The fourth-order valence-corrected chi connectivity index (χ4v) is 2.82. The maximum absolute atomic E-state index is 12.3. The maximum Gasteiger partial charge on any atom is 0.307 e. The normalized spacial score (nSPS) is 22.3. The van der Waals surface area contributed by atoms with E-state index in [1.54, 1.807) is 18.2 Å². The standard InChI is InChI=1S/C15H18ClNO3/c1-9-8-10(6-7-13(9)16)17-14(18)11-4-2-3-5-12(11)15(19)20/h6-8,11-12H,2-5H2,1H3,(H,17,18)(H,19,20). The summed E-state index contributed by atoms with van der Waals surface area (Å²) in [5.41, 5.74) is 1.54. The average molecular weight is 296 g/mol. The third-order valence-corrected chi connectivity index (χ3v) is 4.27. The van der Waals surface area contributed by atoms with Crippen molar-refractivity contribution in [3.8, 4) is 0 Å². The van der Waals surface area contributed by atoms with E-state index in [9.17, 15) is 14.7 Å². The molecule has 1 amide bonds. The molecule has 20 heavy (non-hydrogen) atoms. The Labute approximate surface area is 123 Å². The van der Waals surface area contributed by atoms with Crippen LogP contribution in [-0.4, -0.2) is 17.0 Å². The highest BCUT2D eigenvalue weighted by atomic mass is 35.5. The van der Waals surface area contributed by atoms with Crippen LogP contribution in [0.25, 0.3) is 0 Å². The van der Waals surface area contributed by atoms with E-state index in [4.69, 9.17) is 11.6 Å². The van der Waals surface area contributed by atoms with Gasteiger partial charge in [-0.1, -0.05) is 24.4 Å². The second-order valence-electron chi connectivity index (χ2n) is 5.29. The molecule has 0 aromatic heterocycles. The van der Waals surface area contributed by atoms with Gasteiger partial charge >= 0.3 is 5.97 Å². The number of aryl methyl sites for hydroxylation is 1. The minimum absolute atomic E-state index is 0.209. The van der Waals surface area contributed by atoms with Gasteiger partial charge in [-0.2, -0.15) is 0 Å². The fourth-order valence-electron chi connectivity index (χ4n) is 2.70. The number of hydrogen-bond donors (Lipinski definition) is 2. The summed E-state index contributed by atoms with van der Waals surface area (Å²) in [6.07, 6.45) is 2.99. The minimum atomic E-state index is -0.878. The number of rotatable bonds is 3. The molecule has 0 saturated heterocycles. The number of carboxylic acid groups (broad SMARTS) is 1. The molecular formula is C15H18ClNO3.